The van der Waals surface area contributed by atoms with Crippen molar-refractivity contribution in [3.8, 4) is 0 Å². The molecule has 1 fully saturated rings. The molecule has 2 N–H and O–H groups in total. The summed E-state index contributed by atoms with van der Waals surface area (Å²) in [5.41, 5.74) is 5.36. The van der Waals surface area contributed by atoms with Crippen LogP contribution in [0.3, 0.4) is 0 Å². The van der Waals surface area contributed by atoms with Crippen LogP contribution in [0.5, 0.6) is 0 Å². The number of hydrogen-bond donors (Lipinski definition) is 2. The van der Waals surface area contributed by atoms with E-state index in [4.69, 9.17) is 0 Å². The Morgan fingerprint density at radius 1 is 1.19 bits per heavy atom. The van der Waals surface area contributed by atoms with E-state index in [1.54, 1.807) is 0 Å². The Kier molecular flexibility index (Phi) is 2.25. The lowest BCUT2D eigenvalue weighted by atomic mass is 10.1. The average molecular weight is 214 g/mol. The molecule has 84 valence electrons. The van der Waals surface area contributed by atoms with Gasteiger partial charge in [-0.2, -0.15) is 0 Å². The van der Waals surface area contributed by atoms with Gasteiger partial charge in [0.15, 0.2) is 0 Å². The van der Waals surface area contributed by atoms with Crippen LogP contribution in [0.2, 0.25) is 0 Å². The summed E-state index contributed by atoms with van der Waals surface area (Å²) in [6.07, 6.45) is 2.54. The molecule has 0 saturated carbocycles. The second-order valence-corrected chi connectivity index (χ2v) is 4.86. The summed E-state index contributed by atoms with van der Waals surface area (Å²) in [6, 6.07) is 7.25. The van der Waals surface area contributed by atoms with E-state index in [0.29, 0.717) is 6.04 Å². The molecule has 0 radical (unpaired) electrons. The number of aryl methyl sites for hydroxylation is 2. The molecule has 2 aromatic rings. The largest absolute Gasteiger partial charge is 0.357 e. The van der Waals surface area contributed by atoms with Gasteiger partial charge in [-0.3, -0.25) is 0 Å². The van der Waals surface area contributed by atoms with Crippen molar-refractivity contribution in [3.63, 3.8) is 0 Å². The third-order valence-electron chi connectivity index (χ3n) is 3.68. The summed E-state index contributed by atoms with van der Waals surface area (Å²) in [5.74, 6) is 0. The molecular weight excluding hydrogens is 196 g/mol. The zero-order valence-corrected chi connectivity index (χ0v) is 9.93. The van der Waals surface area contributed by atoms with Crippen molar-refractivity contribution in [1.29, 1.82) is 0 Å². The van der Waals surface area contributed by atoms with Crippen molar-refractivity contribution in [2.75, 3.05) is 6.54 Å². The van der Waals surface area contributed by atoms with Gasteiger partial charge in [-0.05, 0) is 50.4 Å². The minimum absolute atomic E-state index is 0.534. The van der Waals surface area contributed by atoms with Gasteiger partial charge in [0.25, 0.3) is 0 Å². The van der Waals surface area contributed by atoms with E-state index in [0.717, 1.165) is 6.54 Å². The Morgan fingerprint density at radius 3 is 2.69 bits per heavy atom. The molecule has 0 aliphatic carbocycles. The van der Waals surface area contributed by atoms with Crippen LogP contribution in [0.1, 0.15) is 35.7 Å². The zero-order valence-electron chi connectivity index (χ0n) is 9.93. The van der Waals surface area contributed by atoms with Crippen molar-refractivity contribution in [3.05, 3.63) is 35.0 Å². The monoisotopic (exact) mass is 214 g/mol. The first kappa shape index (κ1) is 9.91. The van der Waals surface area contributed by atoms with Gasteiger partial charge >= 0.3 is 0 Å². The molecule has 2 heteroatoms. The lowest BCUT2D eigenvalue weighted by Gasteiger charge is -2.06. The molecule has 16 heavy (non-hydrogen) atoms. The second kappa shape index (κ2) is 3.63. The highest BCUT2D eigenvalue weighted by atomic mass is 15.0. The number of aromatic amines is 1. The van der Waals surface area contributed by atoms with E-state index in [1.165, 1.54) is 40.6 Å². The molecule has 0 spiro atoms. The molecule has 1 aliphatic rings. The lowest BCUT2D eigenvalue weighted by Crippen LogP contribution is -2.12. The fourth-order valence-corrected chi connectivity index (χ4v) is 2.66. The van der Waals surface area contributed by atoms with E-state index in [9.17, 15) is 0 Å². The Labute approximate surface area is 96.1 Å². The molecule has 2 nitrogen and oxygen atoms in total. The molecule has 1 aromatic carbocycles. The molecule has 2 heterocycles. The van der Waals surface area contributed by atoms with Gasteiger partial charge in [0.05, 0.1) is 0 Å². The first-order valence-electron chi connectivity index (χ1n) is 6.08. The van der Waals surface area contributed by atoms with E-state index in [1.807, 2.05) is 0 Å². The maximum atomic E-state index is 3.58. The third-order valence-corrected chi connectivity index (χ3v) is 3.68. The zero-order chi connectivity index (χ0) is 11.1. The SMILES string of the molecule is Cc1ccc(C)c2[nH]c(C3CCCN3)cc12. The minimum atomic E-state index is 0.534. The van der Waals surface area contributed by atoms with Gasteiger partial charge in [-0.15, -0.1) is 0 Å². The quantitative estimate of drug-likeness (QED) is 0.749. The highest BCUT2D eigenvalue weighted by molar-refractivity contribution is 5.86. The number of rotatable bonds is 1. The molecule has 1 aliphatic heterocycles. The Morgan fingerprint density at radius 2 is 2.00 bits per heavy atom. The van der Waals surface area contributed by atoms with Gasteiger partial charge in [-0.25, -0.2) is 0 Å². The molecule has 0 bridgehead atoms. The maximum Gasteiger partial charge on any atom is 0.0488 e. The first-order chi connectivity index (χ1) is 7.75. The first-order valence-corrected chi connectivity index (χ1v) is 6.08. The summed E-state index contributed by atoms with van der Waals surface area (Å²) in [6.45, 7) is 5.50. The third kappa shape index (κ3) is 1.45. The predicted octanol–water partition coefficient (Wildman–Crippen LogP) is 3.21. The van der Waals surface area contributed by atoms with Crippen molar-refractivity contribution in [2.45, 2.75) is 32.7 Å². The van der Waals surface area contributed by atoms with Crippen molar-refractivity contribution < 1.29 is 0 Å². The van der Waals surface area contributed by atoms with E-state index in [-0.39, 0.29) is 0 Å². The Bertz CT molecular complexity index is 480. The molecule has 1 atom stereocenters. The van der Waals surface area contributed by atoms with Crippen LogP contribution in [0, 0.1) is 13.8 Å². The molecular formula is C14H18N2. The van der Waals surface area contributed by atoms with E-state index >= 15 is 0 Å². The fourth-order valence-electron chi connectivity index (χ4n) is 2.66. The smallest absolute Gasteiger partial charge is 0.0488 e. The molecule has 0 amide bonds. The lowest BCUT2D eigenvalue weighted by molar-refractivity contribution is 0.633. The van der Waals surface area contributed by atoms with Crippen LogP contribution in [-0.2, 0) is 0 Å². The van der Waals surface area contributed by atoms with Crippen LogP contribution >= 0.6 is 0 Å². The Hall–Kier alpha value is -1.28. The number of nitrogens with one attached hydrogen (secondary N) is 2. The van der Waals surface area contributed by atoms with Crippen LogP contribution in [0.25, 0.3) is 10.9 Å². The summed E-state index contributed by atoms with van der Waals surface area (Å²) < 4.78 is 0. The second-order valence-electron chi connectivity index (χ2n) is 4.86. The standard InChI is InChI=1S/C14H18N2/c1-9-5-6-10(2)14-11(9)8-13(16-14)12-4-3-7-15-12/h5-6,8,12,15-16H,3-4,7H2,1-2H3. The summed E-state index contributed by atoms with van der Waals surface area (Å²) in [4.78, 5) is 3.58. The summed E-state index contributed by atoms with van der Waals surface area (Å²) in [7, 11) is 0. The molecule has 1 saturated heterocycles. The number of fused-ring (bicyclic) bond motifs is 1. The van der Waals surface area contributed by atoms with Crippen molar-refractivity contribution in [2.24, 2.45) is 0 Å². The number of benzene rings is 1. The predicted molar refractivity (Wildman–Crippen MR) is 67.8 cm³/mol. The normalized spacial score (nSPS) is 20.8. The number of H-pyrrole nitrogens is 1. The Balaban J connectivity index is 2.14. The highest BCUT2D eigenvalue weighted by Gasteiger charge is 2.18. The summed E-state index contributed by atoms with van der Waals surface area (Å²) >= 11 is 0. The molecule has 1 aromatic heterocycles. The number of hydrogen-bond acceptors (Lipinski definition) is 1. The van der Waals surface area contributed by atoms with Crippen LogP contribution in [-0.4, -0.2) is 11.5 Å². The van der Waals surface area contributed by atoms with Crippen LogP contribution in [0.4, 0.5) is 0 Å². The van der Waals surface area contributed by atoms with Gasteiger partial charge in [0, 0.05) is 22.6 Å². The van der Waals surface area contributed by atoms with Gasteiger partial charge in [-0.1, -0.05) is 12.1 Å². The highest BCUT2D eigenvalue weighted by Crippen LogP contribution is 2.29. The van der Waals surface area contributed by atoms with E-state index in [2.05, 4.69) is 42.3 Å². The minimum Gasteiger partial charge on any atom is -0.357 e. The topological polar surface area (TPSA) is 27.8 Å². The van der Waals surface area contributed by atoms with Gasteiger partial charge in [0.1, 0.15) is 0 Å². The fraction of sp³-hybridized carbons (Fsp3) is 0.429. The number of aromatic nitrogens is 1. The van der Waals surface area contributed by atoms with Crippen LogP contribution < -0.4 is 5.32 Å². The maximum absolute atomic E-state index is 3.58. The van der Waals surface area contributed by atoms with Crippen LogP contribution in [0.15, 0.2) is 18.2 Å². The molecule has 3 rings (SSSR count). The van der Waals surface area contributed by atoms with E-state index < -0.39 is 0 Å². The summed E-state index contributed by atoms with van der Waals surface area (Å²) in [5, 5.41) is 4.92. The van der Waals surface area contributed by atoms with Crippen molar-refractivity contribution in [1.82, 2.24) is 10.3 Å². The average Bonchev–Trinajstić information content (AvgIpc) is 2.90. The van der Waals surface area contributed by atoms with Gasteiger partial charge in [0.2, 0.25) is 0 Å². The molecule has 1 unspecified atom stereocenters. The van der Waals surface area contributed by atoms with Gasteiger partial charge < -0.3 is 10.3 Å². The van der Waals surface area contributed by atoms with Crippen molar-refractivity contribution >= 4 is 10.9 Å².